The maximum absolute atomic E-state index is 10.0. The van der Waals surface area contributed by atoms with E-state index in [2.05, 4.69) is 32.3 Å². The molecule has 0 amide bonds. The van der Waals surface area contributed by atoms with Crippen LogP contribution in [0.25, 0.3) is 0 Å². The normalized spacial score (nSPS) is 12.6. The smallest absolute Gasteiger partial charge is 0.119 e. The standard InChI is InChI=1S/C15H19BrN2O2S/c1-18(7-11-6-15(16)21-10-11)8-13(19)9-20-14-4-2-12(17)3-5-14/h2-6,10,13,19H,7-9,17H2,1H3. The first-order chi connectivity index (χ1) is 10.0. The highest BCUT2D eigenvalue weighted by molar-refractivity contribution is 9.11. The predicted molar refractivity (Wildman–Crippen MR) is 90.7 cm³/mol. The average Bonchev–Trinajstić information content (AvgIpc) is 2.83. The highest BCUT2D eigenvalue weighted by Gasteiger charge is 2.10. The lowest BCUT2D eigenvalue weighted by Crippen LogP contribution is -2.32. The molecule has 1 heterocycles. The molecule has 0 aliphatic heterocycles. The first-order valence-electron chi connectivity index (χ1n) is 6.61. The zero-order chi connectivity index (χ0) is 15.2. The van der Waals surface area contributed by atoms with Crippen LogP contribution in [0.1, 0.15) is 5.56 Å². The van der Waals surface area contributed by atoms with Crippen molar-refractivity contribution in [3.63, 3.8) is 0 Å². The summed E-state index contributed by atoms with van der Waals surface area (Å²) in [7, 11) is 1.98. The third-order valence-corrected chi connectivity index (χ3v) is 4.47. The van der Waals surface area contributed by atoms with Gasteiger partial charge in [0.05, 0.1) is 3.79 Å². The first kappa shape index (κ1) is 16.3. The van der Waals surface area contributed by atoms with Crippen molar-refractivity contribution in [2.24, 2.45) is 0 Å². The monoisotopic (exact) mass is 370 g/mol. The SMILES string of the molecule is CN(Cc1csc(Br)c1)CC(O)COc1ccc(N)cc1. The molecule has 6 heteroatoms. The molecule has 0 saturated heterocycles. The van der Waals surface area contributed by atoms with Crippen molar-refractivity contribution in [3.05, 3.63) is 45.1 Å². The van der Waals surface area contributed by atoms with Gasteiger partial charge in [-0.1, -0.05) is 0 Å². The predicted octanol–water partition coefficient (Wildman–Crippen LogP) is 2.96. The van der Waals surface area contributed by atoms with Gasteiger partial charge in [0.2, 0.25) is 0 Å². The second kappa shape index (κ2) is 7.79. The van der Waals surface area contributed by atoms with E-state index in [0.717, 1.165) is 10.3 Å². The Kier molecular flexibility index (Phi) is 6.05. The molecule has 4 nitrogen and oxygen atoms in total. The average molecular weight is 371 g/mol. The van der Waals surface area contributed by atoms with Gasteiger partial charge in [0.1, 0.15) is 18.5 Å². The summed E-state index contributed by atoms with van der Waals surface area (Å²) in [5, 5.41) is 12.1. The highest BCUT2D eigenvalue weighted by Crippen LogP contribution is 2.21. The fourth-order valence-corrected chi connectivity index (χ4v) is 3.17. The van der Waals surface area contributed by atoms with E-state index in [9.17, 15) is 5.11 Å². The number of benzene rings is 1. The minimum atomic E-state index is -0.533. The molecule has 2 rings (SSSR count). The molecule has 21 heavy (non-hydrogen) atoms. The molecule has 0 aliphatic carbocycles. The van der Waals surface area contributed by atoms with Gasteiger partial charge < -0.3 is 15.6 Å². The van der Waals surface area contributed by atoms with Crippen LogP contribution in [0.3, 0.4) is 0 Å². The van der Waals surface area contributed by atoms with Crippen molar-refractivity contribution in [3.8, 4) is 5.75 Å². The van der Waals surface area contributed by atoms with E-state index in [1.807, 2.05) is 7.05 Å². The quantitative estimate of drug-likeness (QED) is 0.735. The number of nitrogen functional groups attached to an aromatic ring is 1. The summed E-state index contributed by atoms with van der Waals surface area (Å²) in [5.41, 5.74) is 7.55. The number of halogens is 1. The van der Waals surface area contributed by atoms with Crippen molar-refractivity contribution in [1.29, 1.82) is 0 Å². The van der Waals surface area contributed by atoms with Gasteiger partial charge in [-0.2, -0.15) is 0 Å². The summed E-state index contributed by atoms with van der Waals surface area (Å²) in [5.74, 6) is 0.715. The molecule has 3 N–H and O–H groups in total. The van der Waals surface area contributed by atoms with Gasteiger partial charge >= 0.3 is 0 Å². The van der Waals surface area contributed by atoms with Gasteiger partial charge in [-0.25, -0.2) is 0 Å². The van der Waals surface area contributed by atoms with E-state index in [1.165, 1.54) is 5.56 Å². The van der Waals surface area contributed by atoms with Crippen LogP contribution in [0.2, 0.25) is 0 Å². The fraction of sp³-hybridized carbons (Fsp3) is 0.333. The summed E-state index contributed by atoms with van der Waals surface area (Å²) in [6.07, 6.45) is -0.533. The molecule has 2 aromatic rings. The van der Waals surface area contributed by atoms with Crippen LogP contribution in [0.15, 0.2) is 39.5 Å². The van der Waals surface area contributed by atoms with Crippen molar-refractivity contribution >= 4 is 33.0 Å². The van der Waals surface area contributed by atoms with Crippen LogP contribution in [-0.2, 0) is 6.54 Å². The van der Waals surface area contributed by atoms with Crippen LogP contribution in [0.5, 0.6) is 5.75 Å². The van der Waals surface area contributed by atoms with Crippen LogP contribution >= 0.6 is 27.3 Å². The molecule has 1 unspecified atom stereocenters. The highest BCUT2D eigenvalue weighted by atomic mass is 79.9. The van der Waals surface area contributed by atoms with E-state index in [4.69, 9.17) is 10.5 Å². The number of ether oxygens (including phenoxy) is 1. The summed E-state index contributed by atoms with van der Waals surface area (Å²) in [6, 6.07) is 9.26. The van der Waals surface area contributed by atoms with Crippen molar-refractivity contribution < 1.29 is 9.84 Å². The summed E-state index contributed by atoms with van der Waals surface area (Å²) >= 11 is 5.12. The van der Waals surface area contributed by atoms with E-state index < -0.39 is 6.10 Å². The molecule has 0 fully saturated rings. The molecule has 0 saturated carbocycles. The Bertz CT molecular complexity index is 559. The number of hydrogen-bond acceptors (Lipinski definition) is 5. The van der Waals surface area contributed by atoms with Gasteiger partial charge in [-0.15, -0.1) is 11.3 Å². The van der Waals surface area contributed by atoms with Crippen LogP contribution in [0, 0.1) is 0 Å². The molecule has 114 valence electrons. The maximum atomic E-state index is 10.0. The number of nitrogens with two attached hydrogens (primary N) is 1. The van der Waals surface area contributed by atoms with E-state index in [-0.39, 0.29) is 6.61 Å². The van der Waals surface area contributed by atoms with E-state index in [0.29, 0.717) is 18.0 Å². The number of rotatable bonds is 7. The van der Waals surface area contributed by atoms with Crippen LogP contribution < -0.4 is 10.5 Å². The third kappa shape index (κ3) is 5.67. The Morgan fingerprint density at radius 2 is 2.10 bits per heavy atom. The lowest BCUT2D eigenvalue weighted by Gasteiger charge is -2.20. The fourth-order valence-electron chi connectivity index (χ4n) is 1.97. The largest absolute Gasteiger partial charge is 0.491 e. The lowest BCUT2D eigenvalue weighted by molar-refractivity contribution is 0.0744. The van der Waals surface area contributed by atoms with Crippen molar-refractivity contribution in [2.75, 3.05) is 25.9 Å². The van der Waals surface area contributed by atoms with Gasteiger partial charge in [-0.05, 0) is 64.3 Å². The lowest BCUT2D eigenvalue weighted by atomic mass is 10.3. The van der Waals surface area contributed by atoms with E-state index in [1.54, 1.807) is 35.6 Å². The second-order valence-electron chi connectivity index (χ2n) is 4.99. The van der Waals surface area contributed by atoms with Gasteiger partial charge in [0.15, 0.2) is 0 Å². The number of likely N-dealkylation sites (N-methyl/N-ethyl adjacent to an activating group) is 1. The molecular weight excluding hydrogens is 352 g/mol. The van der Waals surface area contributed by atoms with Crippen molar-refractivity contribution in [1.82, 2.24) is 4.90 Å². The van der Waals surface area contributed by atoms with E-state index >= 15 is 0 Å². The Balaban J connectivity index is 1.73. The zero-order valence-electron chi connectivity index (χ0n) is 11.8. The first-order valence-corrected chi connectivity index (χ1v) is 8.28. The molecule has 0 spiro atoms. The summed E-state index contributed by atoms with van der Waals surface area (Å²) in [4.78, 5) is 2.07. The molecule has 1 aromatic carbocycles. The van der Waals surface area contributed by atoms with Crippen LogP contribution in [-0.4, -0.2) is 36.3 Å². The zero-order valence-corrected chi connectivity index (χ0v) is 14.2. The number of hydrogen-bond donors (Lipinski definition) is 2. The molecule has 0 bridgehead atoms. The van der Waals surface area contributed by atoms with Crippen LogP contribution in [0.4, 0.5) is 5.69 Å². The maximum Gasteiger partial charge on any atom is 0.119 e. The molecule has 0 radical (unpaired) electrons. The molecular formula is C15H19BrN2O2S. The molecule has 1 aromatic heterocycles. The minimum absolute atomic E-state index is 0.265. The number of aliphatic hydroxyl groups excluding tert-OH is 1. The number of thiophene rings is 1. The Hall–Kier alpha value is -1.08. The number of nitrogens with zero attached hydrogens (tertiary/aromatic N) is 1. The topological polar surface area (TPSA) is 58.7 Å². The van der Waals surface area contributed by atoms with Gasteiger partial charge in [0, 0.05) is 18.8 Å². The third-order valence-electron chi connectivity index (χ3n) is 2.92. The number of aliphatic hydroxyl groups is 1. The van der Waals surface area contributed by atoms with Crippen molar-refractivity contribution in [2.45, 2.75) is 12.6 Å². The summed E-state index contributed by atoms with van der Waals surface area (Å²) in [6.45, 7) is 1.63. The summed E-state index contributed by atoms with van der Waals surface area (Å²) < 4.78 is 6.66. The molecule has 0 aliphatic rings. The minimum Gasteiger partial charge on any atom is -0.491 e. The Labute approximate surface area is 137 Å². The van der Waals surface area contributed by atoms with Gasteiger partial charge in [0.25, 0.3) is 0 Å². The Morgan fingerprint density at radius 1 is 1.38 bits per heavy atom. The molecule has 1 atom stereocenters. The number of anilines is 1. The second-order valence-corrected chi connectivity index (χ2v) is 7.28. The Morgan fingerprint density at radius 3 is 2.71 bits per heavy atom. The van der Waals surface area contributed by atoms with Gasteiger partial charge in [-0.3, -0.25) is 4.90 Å².